The number of Topliss-reactive ketones (excluding diaryl/α,β-unsaturated/α-hetero) is 1. The third-order valence-corrected chi connectivity index (χ3v) is 9.98. The van der Waals surface area contributed by atoms with Gasteiger partial charge in [0.1, 0.15) is 11.5 Å². The molecule has 0 amide bonds. The molecular weight excluding hydrogens is 444 g/mol. The predicted molar refractivity (Wildman–Crippen MR) is 146 cm³/mol. The Morgan fingerprint density at radius 3 is 2.25 bits per heavy atom. The molecule has 4 saturated carbocycles. The molecule has 1 heterocycles. The van der Waals surface area contributed by atoms with E-state index in [1.807, 2.05) is 12.1 Å². The van der Waals surface area contributed by atoms with E-state index >= 15 is 0 Å². The van der Waals surface area contributed by atoms with Crippen molar-refractivity contribution in [3.05, 3.63) is 60.2 Å². The van der Waals surface area contributed by atoms with Gasteiger partial charge in [0.2, 0.25) is 0 Å². The minimum atomic E-state index is -0.0239. The van der Waals surface area contributed by atoms with E-state index in [-0.39, 0.29) is 10.8 Å². The molecule has 2 aromatic rings. The van der Waals surface area contributed by atoms with E-state index in [4.69, 9.17) is 4.74 Å². The fourth-order valence-corrected chi connectivity index (χ4v) is 8.63. The van der Waals surface area contributed by atoms with Crippen molar-refractivity contribution in [3.8, 4) is 5.75 Å². The van der Waals surface area contributed by atoms with Crippen LogP contribution in [0.4, 0.5) is 5.69 Å². The van der Waals surface area contributed by atoms with Crippen LogP contribution in [0.2, 0.25) is 0 Å². The number of methoxy groups -OCH3 is 1. The van der Waals surface area contributed by atoms with Gasteiger partial charge >= 0.3 is 0 Å². The Balaban J connectivity index is 0.988. The van der Waals surface area contributed by atoms with E-state index in [1.54, 1.807) is 7.11 Å². The molecule has 5 fully saturated rings. The van der Waals surface area contributed by atoms with Gasteiger partial charge in [-0.25, -0.2) is 0 Å². The summed E-state index contributed by atoms with van der Waals surface area (Å²) in [5, 5.41) is 0. The van der Waals surface area contributed by atoms with Crippen LogP contribution in [0, 0.1) is 17.3 Å². The van der Waals surface area contributed by atoms with Gasteiger partial charge in [-0.1, -0.05) is 30.3 Å². The summed E-state index contributed by atoms with van der Waals surface area (Å²) in [6, 6.07) is 19.6. The Labute approximate surface area is 217 Å². The molecule has 0 spiro atoms. The molecule has 1 saturated heterocycles. The number of carbonyl (C=O) groups is 1. The van der Waals surface area contributed by atoms with Gasteiger partial charge in [0, 0.05) is 43.7 Å². The van der Waals surface area contributed by atoms with Gasteiger partial charge in [-0.2, -0.15) is 0 Å². The lowest BCUT2D eigenvalue weighted by Gasteiger charge is -2.62. The molecule has 2 atom stereocenters. The zero-order valence-corrected chi connectivity index (χ0v) is 22.0. The Morgan fingerprint density at radius 1 is 0.889 bits per heavy atom. The summed E-state index contributed by atoms with van der Waals surface area (Å²) in [5.41, 5.74) is 3.03. The van der Waals surface area contributed by atoms with Gasteiger partial charge in [0.15, 0.2) is 0 Å². The zero-order chi connectivity index (χ0) is 24.6. The van der Waals surface area contributed by atoms with E-state index in [0.717, 1.165) is 76.0 Å². The number of hydrogen-bond donors (Lipinski definition) is 0. The number of hydrogen-bond acceptors (Lipinski definition) is 4. The maximum Gasteiger partial charge on any atom is 0.139 e. The molecule has 2 aromatic carbocycles. The van der Waals surface area contributed by atoms with Gasteiger partial charge < -0.3 is 9.64 Å². The van der Waals surface area contributed by atoms with Crippen molar-refractivity contribution < 1.29 is 9.53 Å². The van der Waals surface area contributed by atoms with Crippen LogP contribution < -0.4 is 9.64 Å². The van der Waals surface area contributed by atoms with Crippen LogP contribution in [0.1, 0.15) is 63.4 Å². The number of carbonyl (C=O) groups excluding carboxylic acids is 1. The quantitative estimate of drug-likeness (QED) is 0.401. The second-order valence-corrected chi connectivity index (χ2v) is 12.3. The largest absolute Gasteiger partial charge is 0.497 e. The molecule has 0 N–H and O–H groups in total. The highest BCUT2D eigenvalue weighted by Gasteiger charge is 2.60. The molecule has 7 rings (SSSR count). The van der Waals surface area contributed by atoms with Gasteiger partial charge in [0.25, 0.3) is 0 Å². The van der Waals surface area contributed by atoms with E-state index in [1.165, 1.54) is 43.4 Å². The molecule has 4 aliphatic carbocycles. The number of anilines is 1. The van der Waals surface area contributed by atoms with Gasteiger partial charge in [-0.3, -0.25) is 9.69 Å². The molecule has 5 aliphatic rings. The maximum absolute atomic E-state index is 13.7. The minimum absolute atomic E-state index is 0.0239. The Morgan fingerprint density at radius 2 is 1.58 bits per heavy atom. The Hall–Kier alpha value is -2.33. The number of benzene rings is 2. The highest BCUT2D eigenvalue weighted by Crippen LogP contribution is 2.66. The number of piperazine rings is 1. The summed E-state index contributed by atoms with van der Waals surface area (Å²) in [4.78, 5) is 18.8. The van der Waals surface area contributed by atoms with Crippen molar-refractivity contribution in [2.24, 2.45) is 17.3 Å². The standard InChI is InChI=1S/C32H42N2O2/c1-36-29-12-10-28(11-13-29)34-17-15-33(16-18-34)14-6-5-9-30(35)32-22-25-19-26(23-32)21-31(20-25,24-32)27-7-3-2-4-8-27/h2-4,7-8,10-13,25-26H,5-6,9,14-24H2,1H3. The molecule has 0 radical (unpaired) electrons. The Kier molecular flexibility index (Phi) is 6.58. The molecule has 192 valence electrons. The summed E-state index contributed by atoms with van der Waals surface area (Å²) >= 11 is 0. The number of rotatable bonds is 9. The van der Waals surface area contributed by atoms with Crippen LogP contribution >= 0.6 is 0 Å². The molecule has 4 bridgehead atoms. The summed E-state index contributed by atoms with van der Waals surface area (Å²) in [6.07, 6.45) is 10.4. The first-order valence-corrected chi connectivity index (χ1v) is 14.3. The fraction of sp³-hybridized carbons (Fsp3) is 0.594. The molecule has 36 heavy (non-hydrogen) atoms. The predicted octanol–water partition coefficient (Wildman–Crippen LogP) is 6.09. The van der Waals surface area contributed by atoms with E-state index < -0.39 is 0 Å². The van der Waals surface area contributed by atoms with Crippen molar-refractivity contribution in [1.82, 2.24) is 4.90 Å². The van der Waals surface area contributed by atoms with Crippen LogP contribution in [0.25, 0.3) is 0 Å². The summed E-state index contributed by atoms with van der Waals surface area (Å²) in [6.45, 7) is 5.47. The highest BCUT2D eigenvalue weighted by molar-refractivity contribution is 5.85. The topological polar surface area (TPSA) is 32.8 Å². The SMILES string of the molecule is COc1ccc(N2CCN(CCCCC(=O)C34CC5CC(C3)CC(c3ccccc3)(C5)C4)CC2)cc1. The molecule has 4 nitrogen and oxygen atoms in total. The van der Waals surface area contributed by atoms with Crippen LogP contribution in [0.5, 0.6) is 5.75 Å². The molecule has 1 aliphatic heterocycles. The average Bonchev–Trinajstić information content (AvgIpc) is 2.91. The summed E-state index contributed by atoms with van der Waals surface area (Å²) in [5.74, 6) is 3.03. The number of nitrogens with zero attached hydrogens (tertiary/aromatic N) is 2. The smallest absolute Gasteiger partial charge is 0.139 e. The fourth-order valence-electron chi connectivity index (χ4n) is 8.63. The maximum atomic E-state index is 13.7. The van der Waals surface area contributed by atoms with Crippen molar-refractivity contribution in [2.45, 2.75) is 63.2 Å². The lowest BCUT2D eigenvalue weighted by Crippen LogP contribution is -2.56. The Bertz CT molecular complexity index is 1030. The normalized spacial score (nSPS) is 31.5. The van der Waals surface area contributed by atoms with E-state index in [0.29, 0.717) is 5.78 Å². The van der Waals surface area contributed by atoms with Crippen molar-refractivity contribution in [3.63, 3.8) is 0 Å². The van der Waals surface area contributed by atoms with E-state index in [2.05, 4.69) is 52.3 Å². The molecular formula is C32H42N2O2. The number of unbranched alkanes of at least 4 members (excludes halogenated alkanes) is 1. The lowest BCUT2D eigenvalue weighted by molar-refractivity contribution is -0.146. The van der Waals surface area contributed by atoms with Gasteiger partial charge in [-0.15, -0.1) is 0 Å². The molecule has 0 aromatic heterocycles. The first kappa shape index (κ1) is 24.0. The second-order valence-electron chi connectivity index (χ2n) is 12.3. The second kappa shape index (κ2) is 9.85. The molecule has 4 heteroatoms. The first-order valence-electron chi connectivity index (χ1n) is 14.3. The van der Waals surface area contributed by atoms with Crippen molar-refractivity contribution >= 4 is 11.5 Å². The lowest BCUT2D eigenvalue weighted by atomic mass is 9.42. The first-order chi connectivity index (χ1) is 17.6. The highest BCUT2D eigenvalue weighted by atomic mass is 16.5. The van der Waals surface area contributed by atoms with Gasteiger partial charge in [-0.05, 0) is 105 Å². The number of ketones is 1. The average molecular weight is 487 g/mol. The minimum Gasteiger partial charge on any atom is -0.497 e. The van der Waals surface area contributed by atoms with Crippen LogP contribution in [-0.2, 0) is 10.2 Å². The third kappa shape index (κ3) is 4.58. The summed E-state index contributed by atoms with van der Waals surface area (Å²) < 4.78 is 5.29. The monoisotopic (exact) mass is 486 g/mol. The third-order valence-electron chi connectivity index (χ3n) is 9.98. The summed E-state index contributed by atoms with van der Waals surface area (Å²) in [7, 11) is 1.71. The molecule has 2 unspecified atom stereocenters. The van der Waals surface area contributed by atoms with Crippen LogP contribution in [-0.4, -0.2) is 50.5 Å². The van der Waals surface area contributed by atoms with E-state index in [9.17, 15) is 4.79 Å². The van der Waals surface area contributed by atoms with Crippen LogP contribution in [0.15, 0.2) is 54.6 Å². The van der Waals surface area contributed by atoms with Gasteiger partial charge in [0.05, 0.1) is 7.11 Å². The number of ether oxygens (including phenoxy) is 1. The zero-order valence-electron chi connectivity index (χ0n) is 22.0. The van der Waals surface area contributed by atoms with Crippen molar-refractivity contribution in [2.75, 3.05) is 44.7 Å². The van der Waals surface area contributed by atoms with Crippen LogP contribution in [0.3, 0.4) is 0 Å². The van der Waals surface area contributed by atoms with Crippen molar-refractivity contribution in [1.29, 1.82) is 0 Å².